The van der Waals surface area contributed by atoms with Crippen LogP contribution in [0.4, 0.5) is 0 Å². The Balaban J connectivity index is 1.34. The molecule has 2 aromatic rings. The molecule has 3 aliphatic carbocycles. The van der Waals surface area contributed by atoms with Crippen LogP contribution in [0.25, 0.3) is 11.0 Å². The lowest BCUT2D eigenvalue weighted by Crippen LogP contribution is -2.60. The first-order valence-corrected chi connectivity index (χ1v) is 11.3. The van der Waals surface area contributed by atoms with E-state index in [0.29, 0.717) is 29.8 Å². The normalized spacial score (nSPS) is 31.4. The molecule has 0 spiro atoms. The summed E-state index contributed by atoms with van der Waals surface area (Å²) in [6, 6.07) is 8.91. The third kappa shape index (κ3) is 3.18. The third-order valence-corrected chi connectivity index (χ3v) is 8.24. The summed E-state index contributed by atoms with van der Waals surface area (Å²) in [7, 11) is 0. The fourth-order valence-electron chi connectivity index (χ4n) is 6.31. The van der Waals surface area contributed by atoms with Gasteiger partial charge in [0, 0.05) is 25.3 Å². The number of carbonyl (C=O) groups excluding carboxylic acids is 1. The monoisotopic (exact) mass is 395 g/mol. The topological polar surface area (TPSA) is 56.2 Å². The number of imidazole rings is 1. The first-order valence-electron chi connectivity index (χ1n) is 11.3. The number of ether oxygens (including phenoxy) is 1. The zero-order chi connectivity index (χ0) is 20.2. The van der Waals surface area contributed by atoms with Gasteiger partial charge in [-0.25, -0.2) is 4.98 Å². The van der Waals surface area contributed by atoms with Crippen molar-refractivity contribution in [2.45, 2.75) is 65.0 Å². The van der Waals surface area contributed by atoms with Crippen LogP contribution in [0.15, 0.2) is 24.3 Å². The maximum atomic E-state index is 13.0. The van der Waals surface area contributed by atoms with Crippen LogP contribution >= 0.6 is 0 Å². The summed E-state index contributed by atoms with van der Waals surface area (Å²) in [4.78, 5) is 17.9. The largest absolute Gasteiger partial charge is 0.381 e. The average molecular weight is 396 g/mol. The summed E-state index contributed by atoms with van der Waals surface area (Å²) in [5, 5.41) is 3.37. The molecule has 1 aromatic carbocycles. The van der Waals surface area contributed by atoms with Crippen LogP contribution in [0.5, 0.6) is 0 Å². The van der Waals surface area contributed by atoms with Crippen molar-refractivity contribution in [3.05, 3.63) is 30.1 Å². The Morgan fingerprint density at radius 2 is 2.00 bits per heavy atom. The van der Waals surface area contributed by atoms with Gasteiger partial charge in [0.15, 0.2) is 0 Å². The SMILES string of the molecule is C[C@H]1C(NC(=O)Cc2nc3ccccc3n2C2CCOCC2)C[C@@H]2C[C@H]1C2(C)C. The molecule has 1 N–H and O–H groups in total. The van der Waals surface area contributed by atoms with E-state index >= 15 is 0 Å². The summed E-state index contributed by atoms with van der Waals surface area (Å²) < 4.78 is 7.87. The number of hydrogen-bond donors (Lipinski definition) is 1. The zero-order valence-electron chi connectivity index (χ0n) is 17.9. The summed E-state index contributed by atoms with van der Waals surface area (Å²) in [5.41, 5.74) is 2.56. The van der Waals surface area contributed by atoms with Gasteiger partial charge >= 0.3 is 0 Å². The van der Waals surface area contributed by atoms with E-state index in [4.69, 9.17) is 9.72 Å². The maximum Gasteiger partial charge on any atom is 0.227 e. The van der Waals surface area contributed by atoms with Gasteiger partial charge in [0.05, 0.1) is 17.5 Å². The second-order valence-electron chi connectivity index (χ2n) is 10.0. The highest BCUT2D eigenvalue weighted by Crippen LogP contribution is 2.61. The van der Waals surface area contributed by atoms with Crippen LogP contribution in [0.2, 0.25) is 0 Å². The van der Waals surface area contributed by atoms with E-state index in [2.05, 4.69) is 42.8 Å². The van der Waals surface area contributed by atoms with E-state index in [1.54, 1.807) is 0 Å². The van der Waals surface area contributed by atoms with Gasteiger partial charge in [-0.3, -0.25) is 4.79 Å². The van der Waals surface area contributed by atoms with Gasteiger partial charge in [-0.1, -0.05) is 32.9 Å². The minimum Gasteiger partial charge on any atom is -0.381 e. The summed E-state index contributed by atoms with van der Waals surface area (Å²) in [6.45, 7) is 8.68. The number of nitrogens with one attached hydrogen (secondary N) is 1. The summed E-state index contributed by atoms with van der Waals surface area (Å²) in [6.07, 6.45) is 4.76. The highest BCUT2D eigenvalue weighted by Gasteiger charge is 2.56. The number of amides is 1. The first kappa shape index (κ1) is 19.1. The van der Waals surface area contributed by atoms with E-state index in [1.807, 2.05) is 12.1 Å². The highest BCUT2D eigenvalue weighted by molar-refractivity contribution is 5.81. The number of benzene rings is 1. The minimum absolute atomic E-state index is 0.115. The second-order valence-corrected chi connectivity index (χ2v) is 10.0. The molecule has 0 radical (unpaired) electrons. The van der Waals surface area contributed by atoms with Gasteiger partial charge in [-0.2, -0.15) is 0 Å². The Morgan fingerprint density at radius 1 is 1.24 bits per heavy atom. The average Bonchev–Trinajstić information content (AvgIpc) is 3.07. The first-order chi connectivity index (χ1) is 13.9. The molecule has 156 valence electrons. The molecule has 1 saturated heterocycles. The van der Waals surface area contributed by atoms with Gasteiger partial charge in [0.2, 0.25) is 5.91 Å². The zero-order valence-corrected chi connectivity index (χ0v) is 17.9. The quantitative estimate of drug-likeness (QED) is 0.847. The van der Waals surface area contributed by atoms with E-state index in [-0.39, 0.29) is 5.91 Å². The Morgan fingerprint density at radius 3 is 2.72 bits per heavy atom. The molecule has 4 aliphatic rings. The number of fused-ring (bicyclic) bond motifs is 3. The molecule has 29 heavy (non-hydrogen) atoms. The van der Waals surface area contributed by atoms with E-state index < -0.39 is 0 Å². The third-order valence-electron chi connectivity index (χ3n) is 8.24. The molecule has 2 bridgehead atoms. The molecule has 1 aliphatic heterocycles. The van der Waals surface area contributed by atoms with Crippen molar-refractivity contribution in [1.82, 2.24) is 14.9 Å². The fraction of sp³-hybridized carbons (Fsp3) is 0.667. The second kappa shape index (κ2) is 7.12. The van der Waals surface area contributed by atoms with Crippen LogP contribution in [0.3, 0.4) is 0 Å². The number of para-hydroxylation sites is 2. The summed E-state index contributed by atoms with van der Waals surface area (Å²) in [5.74, 6) is 3.04. The number of hydrogen-bond acceptors (Lipinski definition) is 3. The van der Waals surface area contributed by atoms with Gasteiger partial charge < -0.3 is 14.6 Å². The Labute approximate surface area is 173 Å². The number of aromatic nitrogens is 2. The van der Waals surface area contributed by atoms with Crippen molar-refractivity contribution in [3.8, 4) is 0 Å². The van der Waals surface area contributed by atoms with Gasteiger partial charge in [0.25, 0.3) is 0 Å². The molecule has 1 aromatic heterocycles. The van der Waals surface area contributed by atoms with Crippen molar-refractivity contribution >= 4 is 16.9 Å². The predicted molar refractivity (Wildman–Crippen MR) is 114 cm³/mol. The molecule has 6 rings (SSSR count). The van der Waals surface area contributed by atoms with Gasteiger partial charge in [0.1, 0.15) is 5.82 Å². The standard InChI is InChI=1S/C24H33N3O2/c1-15-18-12-16(24(18,2)3)13-20(15)26-23(28)14-22-25-19-6-4-5-7-21(19)27(22)17-8-10-29-11-9-17/h4-7,15-18,20H,8-14H2,1-3H3,(H,26,28)/t15-,16+,18-,20?/m1/s1. The Bertz CT molecular complexity index is 912. The lowest BCUT2D eigenvalue weighted by molar-refractivity contribution is -0.133. The Hall–Kier alpha value is -1.88. The lowest BCUT2D eigenvalue weighted by atomic mass is 9.45. The van der Waals surface area contributed by atoms with E-state index in [0.717, 1.165) is 61.2 Å². The van der Waals surface area contributed by atoms with Gasteiger partial charge in [-0.05, 0) is 61.0 Å². The molecule has 1 amide bonds. The van der Waals surface area contributed by atoms with Crippen molar-refractivity contribution in [1.29, 1.82) is 0 Å². The fourth-order valence-corrected chi connectivity index (χ4v) is 6.31. The maximum absolute atomic E-state index is 13.0. The molecule has 5 nitrogen and oxygen atoms in total. The van der Waals surface area contributed by atoms with Crippen LogP contribution in [-0.4, -0.2) is 34.7 Å². The smallest absolute Gasteiger partial charge is 0.227 e. The molecular weight excluding hydrogens is 362 g/mol. The lowest BCUT2D eigenvalue weighted by Gasteiger charge is -2.62. The molecule has 2 heterocycles. The number of nitrogens with zero attached hydrogens (tertiary/aromatic N) is 2. The van der Waals surface area contributed by atoms with Crippen molar-refractivity contribution in [2.75, 3.05) is 13.2 Å². The minimum atomic E-state index is 0.115. The molecular formula is C24H33N3O2. The van der Waals surface area contributed by atoms with Crippen LogP contribution in [-0.2, 0) is 16.0 Å². The molecule has 5 heteroatoms. The molecule has 4 atom stereocenters. The van der Waals surface area contributed by atoms with Crippen molar-refractivity contribution in [2.24, 2.45) is 23.2 Å². The van der Waals surface area contributed by atoms with Crippen LogP contribution in [0.1, 0.15) is 58.3 Å². The number of rotatable bonds is 4. The van der Waals surface area contributed by atoms with Crippen LogP contribution < -0.4 is 5.32 Å². The van der Waals surface area contributed by atoms with Gasteiger partial charge in [-0.15, -0.1) is 0 Å². The van der Waals surface area contributed by atoms with Crippen molar-refractivity contribution in [3.63, 3.8) is 0 Å². The summed E-state index contributed by atoms with van der Waals surface area (Å²) >= 11 is 0. The predicted octanol–water partition coefficient (Wildman–Crippen LogP) is 4.12. The Kier molecular flexibility index (Phi) is 4.69. The number of carbonyl (C=O) groups is 1. The molecule has 3 saturated carbocycles. The van der Waals surface area contributed by atoms with Crippen molar-refractivity contribution < 1.29 is 9.53 Å². The molecule has 1 unspecified atom stereocenters. The van der Waals surface area contributed by atoms with Crippen LogP contribution in [0, 0.1) is 23.2 Å². The van der Waals surface area contributed by atoms with E-state index in [9.17, 15) is 4.79 Å². The van der Waals surface area contributed by atoms with E-state index in [1.165, 1.54) is 6.42 Å². The molecule has 4 fully saturated rings. The highest BCUT2D eigenvalue weighted by atomic mass is 16.5.